The third-order valence-electron chi connectivity index (χ3n) is 2.70. The number of nitrogens with one attached hydrogen (secondary N) is 1. The summed E-state index contributed by atoms with van der Waals surface area (Å²) in [6, 6.07) is 3.64. The predicted molar refractivity (Wildman–Crippen MR) is 60.3 cm³/mol. The smallest absolute Gasteiger partial charge is 0.237 e. The molecule has 0 bridgehead atoms. The van der Waals surface area contributed by atoms with Crippen LogP contribution in [0.25, 0.3) is 0 Å². The first-order valence-corrected chi connectivity index (χ1v) is 5.20. The third kappa shape index (κ3) is 2.83. The van der Waals surface area contributed by atoms with Crippen LogP contribution in [0.2, 0.25) is 0 Å². The fourth-order valence-corrected chi connectivity index (χ4v) is 1.34. The summed E-state index contributed by atoms with van der Waals surface area (Å²) in [6.45, 7) is 4.47. The highest BCUT2D eigenvalue weighted by atomic mass is 16.2. The summed E-state index contributed by atoms with van der Waals surface area (Å²) in [7, 11) is 1.98. The van der Waals surface area contributed by atoms with Crippen molar-refractivity contribution in [3.8, 4) is 0 Å². The van der Waals surface area contributed by atoms with E-state index in [2.05, 4.69) is 9.88 Å². The van der Waals surface area contributed by atoms with Crippen LogP contribution in [-0.2, 0) is 18.4 Å². The van der Waals surface area contributed by atoms with E-state index in [0.717, 1.165) is 5.69 Å². The maximum absolute atomic E-state index is 11.4. The van der Waals surface area contributed by atoms with E-state index in [1.54, 1.807) is 0 Å². The molecule has 0 aliphatic heterocycles. The molecule has 1 heterocycles. The molecule has 1 rings (SSSR count). The van der Waals surface area contributed by atoms with E-state index in [4.69, 9.17) is 5.73 Å². The molecule has 84 valence electrons. The molecule has 0 aromatic carbocycles. The number of rotatable bonds is 4. The van der Waals surface area contributed by atoms with E-state index in [-0.39, 0.29) is 5.91 Å². The number of hydrogen-bond acceptors (Lipinski definition) is 2. The Bertz CT molecular complexity index is 344. The quantitative estimate of drug-likeness (QED) is 0.766. The van der Waals surface area contributed by atoms with Crippen LogP contribution < -0.4 is 11.1 Å². The van der Waals surface area contributed by atoms with Gasteiger partial charge in [0.05, 0.1) is 12.6 Å². The van der Waals surface area contributed by atoms with Crippen molar-refractivity contribution >= 4 is 5.91 Å². The van der Waals surface area contributed by atoms with Gasteiger partial charge in [-0.3, -0.25) is 4.79 Å². The van der Waals surface area contributed by atoms with Crippen molar-refractivity contribution in [2.24, 2.45) is 12.8 Å². The van der Waals surface area contributed by atoms with Gasteiger partial charge in [-0.1, -0.05) is 6.92 Å². The molecule has 1 amide bonds. The van der Waals surface area contributed by atoms with Gasteiger partial charge in [-0.15, -0.1) is 0 Å². The van der Waals surface area contributed by atoms with Crippen LogP contribution in [0.15, 0.2) is 12.1 Å². The molecule has 4 heteroatoms. The molecule has 15 heavy (non-hydrogen) atoms. The second-order valence-corrected chi connectivity index (χ2v) is 3.76. The van der Waals surface area contributed by atoms with Gasteiger partial charge in [-0.25, -0.2) is 0 Å². The molecule has 1 aromatic heterocycles. The summed E-state index contributed by atoms with van der Waals surface area (Å²) in [5, 5.41) is 2.82. The van der Waals surface area contributed by atoms with Gasteiger partial charge in [0.2, 0.25) is 5.91 Å². The number of amides is 1. The minimum atomic E-state index is -0.397. The molecular formula is C11H19N3O. The lowest BCUT2D eigenvalue weighted by Crippen LogP contribution is -2.39. The monoisotopic (exact) mass is 209 g/mol. The SMILES string of the molecule is CC[C@@H](N)C(=O)NCc1ccc(C)n1C. The average molecular weight is 209 g/mol. The van der Waals surface area contributed by atoms with Gasteiger partial charge in [0.15, 0.2) is 0 Å². The second kappa shape index (κ2) is 4.98. The first kappa shape index (κ1) is 11.8. The fourth-order valence-electron chi connectivity index (χ4n) is 1.34. The molecule has 0 unspecified atom stereocenters. The molecule has 0 aliphatic rings. The Morgan fingerprint density at radius 3 is 2.73 bits per heavy atom. The number of aryl methyl sites for hydroxylation is 1. The van der Waals surface area contributed by atoms with Gasteiger partial charge in [0.25, 0.3) is 0 Å². The van der Waals surface area contributed by atoms with Crippen molar-refractivity contribution in [3.05, 3.63) is 23.5 Å². The summed E-state index contributed by atoms with van der Waals surface area (Å²) in [5.41, 5.74) is 7.87. The van der Waals surface area contributed by atoms with Crippen LogP contribution in [0.5, 0.6) is 0 Å². The molecule has 0 aliphatic carbocycles. The zero-order valence-corrected chi connectivity index (χ0v) is 9.58. The standard InChI is InChI=1S/C11H19N3O/c1-4-10(12)11(15)13-7-9-6-5-8(2)14(9)3/h5-6,10H,4,7,12H2,1-3H3,(H,13,15)/t10-/m1/s1. The van der Waals surface area contributed by atoms with E-state index >= 15 is 0 Å². The topological polar surface area (TPSA) is 60.1 Å². The minimum absolute atomic E-state index is 0.0867. The highest BCUT2D eigenvalue weighted by molar-refractivity contribution is 5.81. The molecular weight excluding hydrogens is 190 g/mol. The molecule has 0 spiro atoms. The molecule has 1 atom stereocenters. The molecule has 4 nitrogen and oxygen atoms in total. The second-order valence-electron chi connectivity index (χ2n) is 3.76. The highest BCUT2D eigenvalue weighted by Crippen LogP contribution is 2.05. The van der Waals surface area contributed by atoms with E-state index in [1.807, 2.05) is 33.0 Å². The molecule has 0 saturated heterocycles. The third-order valence-corrected chi connectivity index (χ3v) is 2.70. The maximum atomic E-state index is 11.4. The number of nitrogens with zero attached hydrogens (tertiary/aromatic N) is 1. The van der Waals surface area contributed by atoms with Crippen LogP contribution in [0.1, 0.15) is 24.7 Å². The molecule has 1 aromatic rings. The minimum Gasteiger partial charge on any atom is -0.350 e. The summed E-state index contributed by atoms with van der Waals surface area (Å²) in [6.07, 6.45) is 0.665. The van der Waals surface area contributed by atoms with Gasteiger partial charge in [-0.05, 0) is 25.5 Å². The molecule has 0 fully saturated rings. The normalized spacial score (nSPS) is 12.5. The molecule has 0 radical (unpaired) electrons. The number of carbonyl (C=O) groups excluding carboxylic acids is 1. The Hall–Kier alpha value is -1.29. The lowest BCUT2D eigenvalue weighted by Gasteiger charge is -2.10. The largest absolute Gasteiger partial charge is 0.350 e. The Morgan fingerprint density at radius 1 is 1.60 bits per heavy atom. The molecule has 3 N–H and O–H groups in total. The zero-order valence-electron chi connectivity index (χ0n) is 9.58. The van der Waals surface area contributed by atoms with Gasteiger partial charge in [0, 0.05) is 18.4 Å². The predicted octanol–water partition coefficient (Wildman–Crippen LogP) is 0.687. The van der Waals surface area contributed by atoms with E-state index in [1.165, 1.54) is 5.69 Å². The van der Waals surface area contributed by atoms with E-state index in [9.17, 15) is 4.79 Å². The van der Waals surface area contributed by atoms with Crippen LogP contribution in [0.3, 0.4) is 0 Å². The highest BCUT2D eigenvalue weighted by Gasteiger charge is 2.10. The van der Waals surface area contributed by atoms with E-state index in [0.29, 0.717) is 13.0 Å². The Kier molecular flexibility index (Phi) is 3.91. The summed E-state index contributed by atoms with van der Waals surface area (Å²) >= 11 is 0. The molecule has 0 saturated carbocycles. The van der Waals surface area contributed by atoms with Crippen LogP contribution >= 0.6 is 0 Å². The first-order valence-electron chi connectivity index (χ1n) is 5.20. The first-order chi connectivity index (χ1) is 7.06. The maximum Gasteiger partial charge on any atom is 0.237 e. The van der Waals surface area contributed by atoms with Crippen LogP contribution in [0, 0.1) is 6.92 Å². The van der Waals surface area contributed by atoms with Gasteiger partial charge in [-0.2, -0.15) is 0 Å². The van der Waals surface area contributed by atoms with Gasteiger partial charge < -0.3 is 15.6 Å². The number of hydrogen-bond donors (Lipinski definition) is 2. The van der Waals surface area contributed by atoms with Gasteiger partial charge in [0.1, 0.15) is 0 Å². The van der Waals surface area contributed by atoms with Crippen LogP contribution in [-0.4, -0.2) is 16.5 Å². The van der Waals surface area contributed by atoms with Crippen molar-refractivity contribution in [2.75, 3.05) is 0 Å². The summed E-state index contributed by atoms with van der Waals surface area (Å²) in [4.78, 5) is 11.4. The van der Waals surface area contributed by atoms with Crippen molar-refractivity contribution < 1.29 is 4.79 Å². The zero-order chi connectivity index (χ0) is 11.4. The van der Waals surface area contributed by atoms with Crippen LogP contribution in [0.4, 0.5) is 0 Å². The lowest BCUT2D eigenvalue weighted by molar-refractivity contribution is -0.122. The van der Waals surface area contributed by atoms with Crippen molar-refractivity contribution in [1.29, 1.82) is 0 Å². The number of aromatic nitrogens is 1. The number of carbonyl (C=O) groups is 1. The van der Waals surface area contributed by atoms with Crippen molar-refractivity contribution in [2.45, 2.75) is 32.9 Å². The summed E-state index contributed by atoms with van der Waals surface area (Å²) < 4.78 is 2.05. The number of nitrogens with two attached hydrogens (primary N) is 1. The van der Waals surface area contributed by atoms with E-state index < -0.39 is 6.04 Å². The van der Waals surface area contributed by atoms with Crippen molar-refractivity contribution in [3.63, 3.8) is 0 Å². The average Bonchev–Trinajstić information content (AvgIpc) is 2.55. The summed E-state index contributed by atoms with van der Waals surface area (Å²) in [5.74, 6) is -0.0867. The lowest BCUT2D eigenvalue weighted by atomic mass is 10.2. The Labute approximate surface area is 90.5 Å². The Morgan fingerprint density at radius 2 is 2.27 bits per heavy atom. The van der Waals surface area contributed by atoms with Gasteiger partial charge >= 0.3 is 0 Å². The van der Waals surface area contributed by atoms with Crippen molar-refractivity contribution in [1.82, 2.24) is 9.88 Å². The Balaban J connectivity index is 2.51. The fraction of sp³-hybridized carbons (Fsp3) is 0.545.